The van der Waals surface area contributed by atoms with Gasteiger partial charge in [-0.05, 0) is 19.1 Å². The van der Waals surface area contributed by atoms with Crippen molar-refractivity contribution < 1.29 is 13.9 Å². The summed E-state index contributed by atoms with van der Waals surface area (Å²) in [6, 6.07) is 4.46. The minimum atomic E-state index is -0.508. The second kappa shape index (κ2) is 6.71. The fourth-order valence-corrected chi connectivity index (χ4v) is 1.78. The molecule has 0 spiro atoms. The molecule has 0 aliphatic heterocycles. The molecule has 0 fully saturated rings. The standard InChI is InChI=1S/C12H15BrFNO2/c1-8-3-4-11(14)10(5-8)12(16)15-6-9(13)7-17-2/h3-5,9H,6-7H2,1-2H3,(H,15,16). The highest BCUT2D eigenvalue weighted by Gasteiger charge is 2.13. The van der Waals surface area contributed by atoms with Crippen molar-refractivity contribution in [3.8, 4) is 0 Å². The van der Waals surface area contributed by atoms with Crippen LogP contribution in [0.5, 0.6) is 0 Å². The lowest BCUT2D eigenvalue weighted by molar-refractivity contribution is 0.0946. The molecule has 1 rings (SSSR count). The Morgan fingerprint density at radius 3 is 2.94 bits per heavy atom. The number of halogens is 2. The molecule has 0 heterocycles. The summed E-state index contributed by atoms with van der Waals surface area (Å²) >= 11 is 3.34. The molecular formula is C12H15BrFNO2. The number of benzene rings is 1. The lowest BCUT2D eigenvalue weighted by Gasteiger charge is -2.10. The summed E-state index contributed by atoms with van der Waals surface area (Å²) in [4.78, 5) is 11.7. The SMILES string of the molecule is COCC(Br)CNC(=O)c1cc(C)ccc1F. The van der Waals surface area contributed by atoms with Crippen molar-refractivity contribution in [1.82, 2.24) is 5.32 Å². The van der Waals surface area contributed by atoms with Crippen molar-refractivity contribution in [2.45, 2.75) is 11.8 Å². The Balaban J connectivity index is 2.61. The van der Waals surface area contributed by atoms with Crippen molar-refractivity contribution in [1.29, 1.82) is 0 Å². The van der Waals surface area contributed by atoms with Crippen LogP contribution >= 0.6 is 15.9 Å². The number of hydrogen-bond acceptors (Lipinski definition) is 2. The highest BCUT2D eigenvalue weighted by Crippen LogP contribution is 2.10. The third-order valence-electron chi connectivity index (χ3n) is 2.20. The Labute approximate surface area is 108 Å². The molecule has 0 aliphatic rings. The molecule has 1 atom stereocenters. The van der Waals surface area contributed by atoms with Gasteiger partial charge in [0, 0.05) is 13.7 Å². The van der Waals surface area contributed by atoms with Crippen molar-refractivity contribution in [2.75, 3.05) is 20.3 Å². The smallest absolute Gasteiger partial charge is 0.254 e. The third kappa shape index (κ3) is 4.44. The number of carbonyl (C=O) groups excluding carboxylic acids is 1. The van der Waals surface area contributed by atoms with Crippen LogP contribution in [-0.4, -0.2) is 31.0 Å². The Morgan fingerprint density at radius 1 is 1.59 bits per heavy atom. The van der Waals surface area contributed by atoms with E-state index in [1.165, 1.54) is 12.1 Å². The number of alkyl halides is 1. The molecule has 3 nitrogen and oxygen atoms in total. The van der Waals surface area contributed by atoms with Gasteiger partial charge in [-0.2, -0.15) is 0 Å². The molecule has 17 heavy (non-hydrogen) atoms. The summed E-state index contributed by atoms with van der Waals surface area (Å²) in [6.07, 6.45) is 0. The summed E-state index contributed by atoms with van der Waals surface area (Å²) in [6.45, 7) is 2.69. The fraction of sp³-hybridized carbons (Fsp3) is 0.417. The molecule has 94 valence electrons. The summed E-state index contributed by atoms with van der Waals surface area (Å²) in [7, 11) is 1.58. The van der Waals surface area contributed by atoms with Gasteiger partial charge in [0.05, 0.1) is 17.0 Å². The summed E-state index contributed by atoms with van der Waals surface area (Å²) in [5.41, 5.74) is 0.922. The Kier molecular flexibility index (Phi) is 5.58. The van der Waals surface area contributed by atoms with Crippen molar-refractivity contribution >= 4 is 21.8 Å². The van der Waals surface area contributed by atoms with Crippen LogP contribution < -0.4 is 5.32 Å². The topological polar surface area (TPSA) is 38.3 Å². The van der Waals surface area contributed by atoms with E-state index in [0.29, 0.717) is 13.2 Å². The minimum absolute atomic E-state index is 0.0179. The molecule has 1 amide bonds. The van der Waals surface area contributed by atoms with E-state index >= 15 is 0 Å². The Hall–Kier alpha value is -0.940. The largest absolute Gasteiger partial charge is 0.383 e. The van der Waals surface area contributed by atoms with Gasteiger partial charge >= 0.3 is 0 Å². The molecule has 5 heteroatoms. The van der Waals surface area contributed by atoms with Gasteiger partial charge in [-0.15, -0.1) is 0 Å². The van der Waals surface area contributed by atoms with Gasteiger partial charge in [-0.3, -0.25) is 4.79 Å². The highest BCUT2D eigenvalue weighted by molar-refractivity contribution is 9.09. The molecule has 0 aromatic heterocycles. The van der Waals surface area contributed by atoms with Gasteiger partial charge < -0.3 is 10.1 Å². The zero-order chi connectivity index (χ0) is 12.8. The second-order valence-corrected chi connectivity index (χ2v) is 5.04. The first-order valence-electron chi connectivity index (χ1n) is 5.22. The molecule has 0 saturated carbocycles. The first kappa shape index (κ1) is 14.1. The van der Waals surface area contributed by atoms with Gasteiger partial charge in [0.15, 0.2) is 0 Å². The Morgan fingerprint density at radius 2 is 2.29 bits per heavy atom. The molecule has 1 aromatic carbocycles. The zero-order valence-corrected chi connectivity index (χ0v) is 11.4. The molecule has 1 unspecified atom stereocenters. The van der Waals surface area contributed by atoms with E-state index in [-0.39, 0.29) is 10.4 Å². The van der Waals surface area contributed by atoms with Crippen LogP contribution in [-0.2, 0) is 4.74 Å². The number of rotatable bonds is 5. The van der Waals surface area contributed by atoms with Crippen molar-refractivity contribution in [2.24, 2.45) is 0 Å². The van der Waals surface area contributed by atoms with E-state index in [2.05, 4.69) is 21.2 Å². The van der Waals surface area contributed by atoms with E-state index < -0.39 is 11.7 Å². The maximum absolute atomic E-state index is 13.4. The monoisotopic (exact) mass is 303 g/mol. The second-order valence-electron chi connectivity index (χ2n) is 3.75. The van der Waals surface area contributed by atoms with Crippen molar-refractivity contribution in [3.05, 3.63) is 35.1 Å². The molecule has 1 aromatic rings. The average molecular weight is 304 g/mol. The number of nitrogens with one attached hydrogen (secondary N) is 1. The minimum Gasteiger partial charge on any atom is -0.383 e. The average Bonchev–Trinajstić information content (AvgIpc) is 2.29. The molecule has 0 saturated heterocycles. The van der Waals surface area contributed by atoms with Crippen LogP contribution in [0.4, 0.5) is 4.39 Å². The van der Waals surface area contributed by atoms with Gasteiger partial charge in [-0.1, -0.05) is 27.6 Å². The maximum Gasteiger partial charge on any atom is 0.254 e. The zero-order valence-electron chi connectivity index (χ0n) is 9.80. The predicted molar refractivity (Wildman–Crippen MR) is 68.1 cm³/mol. The van der Waals surface area contributed by atoms with Crippen LogP contribution in [0.25, 0.3) is 0 Å². The van der Waals surface area contributed by atoms with Gasteiger partial charge in [0.1, 0.15) is 5.82 Å². The van der Waals surface area contributed by atoms with E-state index in [1.54, 1.807) is 13.2 Å². The number of ether oxygens (including phenoxy) is 1. The number of aryl methyl sites for hydroxylation is 1. The van der Waals surface area contributed by atoms with Gasteiger partial charge in [0.2, 0.25) is 0 Å². The van der Waals surface area contributed by atoms with Crippen LogP contribution in [0, 0.1) is 12.7 Å². The first-order chi connectivity index (χ1) is 8.04. The van der Waals surface area contributed by atoms with E-state index in [0.717, 1.165) is 5.56 Å². The first-order valence-corrected chi connectivity index (χ1v) is 6.13. The molecule has 0 aliphatic carbocycles. The number of hydrogen-bond donors (Lipinski definition) is 1. The van der Waals surface area contributed by atoms with E-state index in [4.69, 9.17) is 4.74 Å². The fourth-order valence-electron chi connectivity index (χ4n) is 1.35. The van der Waals surface area contributed by atoms with Gasteiger partial charge in [-0.25, -0.2) is 4.39 Å². The van der Waals surface area contributed by atoms with Gasteiger partial charge in [0.25, 0.3) is 5.91 Å². The van der Waals surface area contributed by atoms with E-state index in [9.17, 15) is 9.18 Å². The summed E-state index contributed by atoms with van der Waals surface area (Å²) in [5.74, 6) is -0.919. The Bertz CT molecular complexity index is 398. The van der Waals surface area contributed by atoms with Crippen LogP contribution in [0.1, 0.15) is 15.9 Å². The van der Waals surface area contributed by atoms with E-state index in [1.807, 2.05) is 6.92 Å². The molecular weight excluding hydrogens is 289 g/mol. The number of amides is 1. The predicted octanol–water partition coefficient (Wildman–Crippen LogP) is 2.27. The quantitative estimate of drug-likeness (QED) is 0.848. The third-order valence-corrected chi connectivity index (χ3v) is 2.79. The normalized spacial score (nSPS) is 12.2. The summed E-state index contributed by atoms with van der Waals surface area (Å²) < 4.78 is 18.3. The molecule has 0 radical (unpaired) electrons. The summed E-state index contributed by atoms with van der Waals surface area (Å²) in [5, 5.41) is 2.65. The number of carbonyl (C=O) groups is 1. The molecule has 1 N–H and O–H groups in total. The maximum atomic E-state index is 13.4. The van der Waals surface area contributed by atoms with Crippen LogP contribution in [0.3, 0.4) is 0 Å². The lowest BCUT2D eigenvalue weighted by atomic mass is 10.1. The molecule has 0 bridgehead atoms. The van der Waals surface area contributed by atoms with Crippen LogP contribution in [0.15, 0.2) is 18.2 Å². The lowest BCUT2D eigenvalue weighted by Crippen LogP contribution is -2.32. The van der Waals surface area contributed by atoms with Crippen LogP contribution in [0.2, 0.25) is 0 Å². The number of methoxy groups -OCH3 is 1. The highest BCUT2D eigenvalue weighted by atomic mass is 79.9. The van der Waals surface area contributed by atoms with Crippen molar-refractivity contribution in [3.63, 3.8) is 0 Å².